The Hall–Kier alpha value is -1.23. The number of hydrogen-bond acceptors (Lipinski definition) is 4. The summed E-state index contributed by atoms with van der Waals surface area (Å²) in [5, 5.41) is 25.1. The molecule has 0 unspecified atom stereocenters. The van der Waals surface area contributed by atoms with E-state index in [1.807, 2.05) is 0 Å². The Morgan fingerprint density at radius 2 is 2.00 bits per heavy atom. The number of ether oxygens (including phenoxy) is 1. The number of methoxy groups -OCH3 is 1. The fraction of sp³-hybridized carbons (Fsp3) is 0.400. The lowest BCUT2D eigenvalue weighted by molar-refractivity contribution is -0.133. The maximum atomic E-state index is 10.1. The molecular formula is C5H8O5. The number of aliphatic hydroxyl groups excluding tert-OH is 2. The molecule has 0 saturated carbocycles. The van der Waals surface area contributed by atoms with Crippen LogP contribution in [0.1, 0.15) is 0 Å². The van der Waals surface area contributed by atoms with Gasteiger partial charge in [-0.2, -0.15) is 0 Å². The van der Waals surface area contributed by atoms with Gasteiger partial charge in [-0.15, -0.1) is 0 Å². The first-order chi connectivity index (χ1) is 4.63. The second kappa shape index (κ2) is 3.73. The van der Waals surface area contributed by atoms with Gasteiger partial charge in [0.2, 0.25) is 0 Å². The van der Waals surface area contributed by atoms with E-state index < -0.39 is 24.1 Å². The van der Waals surface area contributed by atoms with Gasteiger partial charge in [0, 0.05) is 0 Å². The van der Waals surface area contributed by atoms with Crippen LogP contribution in [-0.2, 0) is 9.53 Å². The summed E-state index contributed by atoms with van der Waals surface area (Å²) in [5.41, 5.74) is -0.553. The molecule has 0 fully saturated rings. The predicted octanol–water partition coefficient (Wildman–Crippen LogP) is -0.521. The van der Waals surface area contributed by atoms with Crippen LogP contribution in [0.25, 0.3) is 0 Å². The van der Waals surface area contributed by atoms with Crippen molar-refractivity contribution in [2.75, 3.05) is 13.7 Å². The van der Waals surface area contributed by atoms with Gasteiger partial charge in [-0.25, -0.2) is 4.79 Å². The zero-order valence-corrected chi connectivity index (χ0v) is 5.37. The molecule has 10 heavy (non-hydrogen) atoms. The Labute approximate surface area is 57.2 Å². The molecule has 3 N–H and O–H groups in total. The van der Waals surface area contributed by atoms with E-state index in [1.165, 1.54) is 0 Å². The third-order valence-electron chi connectivity index (χ3n) is 0.868. The number of aliphatic hydroxyl groups is 2. The molecule has 0 atom stereocenters. The lowest BCUT2D eigenvalue weighted by atomic mass is 10.3. The highest BCUT2D eigenvalue weighted by Gasteiger charge is 2.12. The lowest BCUT2D eigenvalue weighted by Gasteiger charge is -2.00. The molecule has 5 heteroatoms. The van der Waals surface area contributed by atoms with Crippen LogP contribution < -0.4 is 0 Å². The third-order valence-corrected chi connectivity index (χ3v) is 0.868. The van der Waals surface area contributed by atoms with Crippen molar-refractivity contribution < 1.29 is 24.9 Å². The molecule has 58 valence electrons. The topological polar surface area (TPSA) is 87.0 Å². The molecule has 0 aliphatic rings. The summed E-state index contributed by atoms with van der Waals surface area (Å²) in [6, 6.07) is 0. The number of hydrogen-bond donors (Lipinski definition) is 3. The molecule has 0 aliphatic heterocycles. The molecule has 0 rings (SSSR count). The summed E-state index contributed by atoms with van der Waals surface area (Å²) in [4.78, 5) is 10.1. The number of aliphatic carboxylic acids is 1. The van der Waals surface area contributed by atoms with Gasteiger partial charge >= 0.3 is 5.97 Å². The number of carboxylic acid groups (broad SMARTS) is 1. The van der Waals surface area contributed by atoms with E-state index in [9.17, 15) is 4.79 Å². The summed E-state index contributed by atoms with van der Waals surface area (Å²) in [6.45, 7) is -0.755. The van der Waals surface area contributed by atoms with Crippen molar-refractivity contribution >= 4 is 5.97 Å². The van der Waals surface area contributed by atoms with Gasteiger partial charge in [0.25, 0.3) is 5.95 Å². The summed E-state index contributed by atoms with van der Waals surface area (Å²) in [5.74, 6) is -2.17. The molecule has 0 spiro atoms. The molecule has 0 aromatic heterocycles. The van der Waals surface area contributed by atoms with Crippen molar-refractivity contribution in [1.29, 1.82) is 0 Å². The summed E-state index contributed by atoms with van der Waals surface area (Å²) in [6.07, 6.45) is 0. The van der Waals surface area contributed by atoms with Crippen LogP contribution >= 0.6 is 0 Å². The molecule has 0 heterocycles. The van der Waals surface area contributed by atoms with Gasteiger partial charge < -0.3 is 20.1 Å². The van der Waals surface area contributed by atoms with Crippen molar-refractivity contribution in [2.24, 2.45) is 0 Å². The van der Waals surface area contributed by atoms with Crippen LogP contribution in [0.5, 0.6) is 0 Å². The molecule has 5 nitrogen and oxygen atoms in total. The average molecular weight is 148 g/mol. The van der Waals surface area contributed by atoms with Crippen molar-refractivity contribution in [3.63, 3.8) is 0 Å². The summed E-state index contributed by atoms with van der Waals surface area (Å²) < 4.78 is 4.16. The van der Waals surface area contributed by atoms with E-state index in [0.29, 0.717) is 0 Å². The maximum absolute atomic E-state index is 10.1. The van der Waals surface area contributed by atoms with Crippen LogP contribution in [0.4, 0.5) is 0 Å². The highest BCUT2D eigenvalue weighted by Crippen LogP contribution is 2.00. The van der Waals surface area contributed by atoms with Crippen LogP contribution in [0, 0.1) is 0 Å². The van der Waals surface area contributed by atoms with E-state index in [-0.39, 0.29) is 0 Å². The zero-order chi connectivity index (χ0) is 8.15. The zero-order valence-electron chi connectivity index (χ0n) is 5.37. The molecule has 0 saturated heterocycles. The molecule has 0 aliphatic carbocycles. The molecular weight excluding hydrogens is 140 g/mol. The Kier molecular flexibility index (Phi) is 3.27. The fourth-order valence-electron chi connectivity index (χ4n) is 0.350. The van der Waals surface area contributed by atoms with Gasteiger partial charge in [0.15, 0.2) is 0 Å². The molecule has 0 bridgehead atoms. The average Bonchev–Trinajstić information content (AvgIpc) is 1.88. The Balaban J connectivity index is 4.45. The predicted molar refractivity (Wildman–Crippen MR) is 31.4 cm³/mol. The minimum Gasteiger partial charge on any atom is -0.481 e. The van der Waals surface area contributed by atoms with Crippen molar-refractivity contribution in [3.8, 4) is 0 Å². The van der Waals surface area contributed by atoms with Crippen molar-refractivity contribution in [2.45, 2.75) is 0 Å². The smallest absolute Gasteiger partial charge is 0.341 e. The quantitative estimate of drug-likeness (QED) is 0.370. The highest BCUT2D eigenvalue weighted by atomic mass is 16.6. The minimum absolute atomic E-state index is 0.553. The van der Waals surface area contributed by atoms with Crippen molar-refractivity contribution in [1.82, 2.24) is 0 Å². The highest BCUT2D eigenvalue weighted by molar-refractivity contribution is 5.86. The Bertz CT molecular complexity index is 159. The third kappa shape index (κ3) is 1.94. The Morgan fingerprint density at radius 1 is 1.50 bits per heavy atom. The van der Waals surface area contributed by atoms with Gasteiger partial charge in [0.05, 0.1) is 13.7 Å². The molecule has 0 radical (unpaired) electrons. The van der Waals surface area contributed by atoms with E-state index >= 15 is 0 Å². The van der Waals surface area contributed by atoms with Crippen LogP contribution in [0.3, 0.4) is 0 Å². The molecule has 0 amide bonds. The van der Waals surface area contributed by atoms with E-state index in [0.717, 1.165) is 7.11 Å². The van der Waals surface area contributed by atoms with E-state index in [2.05, 4.69) is 4.74 Å². The fourth-order valence-corrected chi connectivity index (χ4v) is 0.350. The summed E-state index contributed by atoms with van der Waals surface area (Å²) in [7, 11) is 1.11. The maximum Gasteiger partial charge on any atom is 0.341 e. The Morgan fingerprint density at radius 3 is 2.10 bits per heavy atom. The normalized spacial score (nSPS) is 12.2. The van der Waals surface area contributed by atoms with Gasteiger partial charge in [-0.3, -0.25) is 0 Å². The SMILES string of the molecule is COC(O)=C(CO)C(=O)O. The monoisotopic (exact) mass is 148 g/mol. The van der Waals surface area contributed by atoms with Gasteiger partial charge in [-0.05, 0) is 0 Å². The van der Waals surface area contributed by atoms with E-state index in [4.69, 9.17) is 15.3 Å². The van der Waals surface area contributed by atoms with Crippen LogP contribution in [0.2, 0.25) is 0 Å². The second-order valence-electron chi connectivity index (χ2n) is 1.45. The van der Waals surface area contributed by atoms with Crippen LogP contribution in [-0.4, -0.2) is 35.0 Å². The molecule has 0 aromatic carbocycles. The number of rotatable bonds is 3. The van der Waals surface area contributed by atoms with Crippen molar-refractivity contribution in [3.05, 3.63) is 11.5 Å². The van der Waals surface area contributed by atoms with E-state index in [1.54, 1.807) is 0 Å². The largest absolute Gasteiger partial charge is 0.481 e. The molecule has 0 aromatic rings. The summed E-state index contributed by atoms with van der Waals surface area (Å²) >= 11 is 0. The number of carboxylic acids is 1. The standard InChI is InChI=1S/C5H8O5/c1-10-5(9)3(2-6)4(7)8/h6,9H,2H2,1H3,(H,7,8). The number of carbonyl (C=O) groups is 1. The first-order valence-corrected chi connectivity index (χ1v) is 2.43. The first-order valence-electron chi connectivity index (χ1n) is 2.43. The van der Waals surface area contributed by atoms with Gasteiger partial charge in [0.1, 0.15) is 5.57 Å². The van der Waals surface area contributed by atoms with Gasteiger partial charge in [-0.1, -0.05) is 0 Å². The first kappa shape index (κ1) is 8.77. The van der Waals surface area contributed by atoms with Crippen LogP contribution in [0.15, 0.2) is 11.5 Å². The lowest BCUT2D eigenvalue weighted by Crippen LogP contribution is -2.09. The minimum atomic E-state index is -1.40. The second-order valence-corrected chi connectivity index (χ2v) is 1.45.